The summed E-state index contributed by atoms with van der Waals surface area (Å²) in [6.07, 6.45) is 9.30. The molecule has 0 saturated heterocycles. The molecule has 1 heteroatoms. The summed E-state index contributed by atoms with van der Waals surface area (Å²) in [6, 6.07) is 0. The maximum absolute atomic E-state index is 5.45. The fourth-order valence-corrected chi connectivity index (χ4v) is 1.53. The van der Waals surface area contributed by atoms with Crippen molar-refractivity contribution in [2.45, 2.75) is 45.4 Å². The lowest BCUT2D eigenvalue weighted by atomic mass is 10.1. The summed E-state index contributed by atoms with van der Waals surface area (Å²) < 4.78 is 0. The molecule has 1 fully saturated rings. The molecule has 0 unspecified atom stereocenters. The van der Waals surface area contributed by atoms with Crippen molar-refractivity contribution in [3.63, 3.8) is 0 Å². The second kappa shape index (κ2) is 7.30. The zero-order chi connectivity index (χ0) is 11.8. The zero-order valence-corrected chi connectivity index (χ0v) is 10.4. The zero-order valence-electron chi connectivity index (χ0n) is 10.4. The van der Waals surface area contributed by atoms with Crippen molar-refractivity contribution in [3.8, 4) is 11.8 Å². The number of allylic oxidation sites excluding steroid dienone is 3. The highest BCUT2D eigenvalue weighted by atomic mass is 14.5. The van der Waals surface area contributed by atoms with Crippen molar-refractivity contribution >= 4 is 0 Å². The summed E-state index contributed by atoms with van der Waals surface area (Å²) in [5, 5.41) is 0. The lowest BCUT2D eigenvalue weighted by Gasteiger charge is -2.00. The second-order valence-electron chi connectivity index (χ2n) is 4.63. The number of hydrogen-bond donors (Lipinski definition) is 1. The van der Waals surface area contributed by atoms with Crippen LogP contribution >= 0.6 is 0 Å². The van der Waals surface area contributed by atoms with E-state index in [0.717, 1.165) is 25.0 Å². The molecule has 0 spiro atoms. The summed E-state index contributed by atoms with van der Waals surface area (Å²) in [5.41, 5.74) is 7.79. The van der Waals surface area contributed by atoms with E-state index in [1.807, 2.05) is 0 Å². The number of rotatable bonds is 6. The Morgan fingerprint density at radius 2 is 2.12 bits per heavy atom. The molecule has 0 bridgehead atoms. The molecule has 1 aliphatic rings. The van der Waals surface area contributed by atoms with Crippen molar-refractivity contribution < 1.29 is 0 Å². The van der Waals surface area contributed by atoms with E-state index in [0.29, 0.717) is 5.92 Å². The molecule has 1 nitrogen and oxygen atoms in total. The first-order valence-electron chi connectivity index (χ1n) is 6.30. The van der Waals surface area contributed by atoms with Crippen LogP contribution in [0.5, 0.6) is 0 Å². The minimum Gasteiger partial charge on any atom is -0.330 e. The highest BCUT2D eigenvalue weighted by molar-refractivity contribution is 5.34. The van der Waals surface area contributed by atoms with Crippen LogP contribution in [-0.2, 0) is 0 Å². The fourth-order valence-electron chi connectivity index (χ4n) is 1.53. The van der Waals surface area contributed by atoms with E-state index in [2.05, 4.69) is 31.4 Å². The third-order valence-corrected chi connectivity index (χ3v) is 2.67. The molecule has 0 aliphatic heterocycles. The van der Waals surface area contributed by atoms with E-state index >= 15 is 0 Å². The van der Waals surface area contributed by atoms with Crippen LogP contribution in [0.1, 0.15) is 45.4 Å². The maximum Gasteiger partial charge on any atom is 0.0207 e. The molecule has 0 heterocycles. The quantitative estimate of drug-likeness (QED) is 0.412. The highest BCUT2D eigenvalue weighted by Crippen LogP contribution is 2.27. The van der Waals surface area contributed by atoms with Gasteiger partial charge in [0.05, 0.1) is 0 Å². The minimum atomic E-state index is 0.682. The Morgan fingerprint density at radius 3 is 2.75 bits per heavy atom. The van der Waals surface area contributed by atoms with Gasteiger partial charge in [-0.3, -0.25) is 0 Å². The van der Waals surface area contributed by atoms with Gasteiger partial charge in [-0.25, -0.2) is 0 Å². The monoisotopic (exact) mass is 217 g/mol. The van der Waals surface area contributed by atoms with Crippen LogP contribution in [0.25, 0.3) is 0 Å². The first-order valence-corrected chi connectivity index (χ1v) is 6.30. The van der Waals surface area contributed by atoms with E-state index < -0.39 is 0 Å². The standard InChI is InChI=1S/C15H23N/c1-13(6-4-3-5-11-16)12-14(2)7-8-15-9-10-15/h12,15H,1,3-6,9-11,16H2,2H3/b14-12+. The lowest BCUT2D eigenvalue weighted by Crippen LogP contribution is -1.97. The average Bonchev–Trinajstić information content (AvgIpc) is 3.05. The Kier molecular flexibility index (Phi) is 5.96. The van der Waals surface area contributed by atoms with Crippen LogP contribution < -0.4 is 5.73 Å². The largest absolute Gasteiger partial charge is 0.330 e. The van der Waals surface area contributed by atoms with Gasteiger partial charge in [-0.05, 0) is 57.2 Å². The van der Waals surface area contributed by atoms with Crippen LogP contribution in [-0.4, -0.2) is 6.54 Å². The van der Waals surface area contributed by atoms with Gasteiger partial charge in [0.15, 0.2) is 0 Å². The van der Waals surface area contributed by atoms with Crippen molar-refractivity contribution in [3.05, 3.63) is 23.8 Å². The average molecular weight is 217 g/mol. The van der Waals surface area contributed by atoms with Crippen molar-refractivity contribution in [1.29, 1.82) is 0 Å². The predicted octanol–water partition coefficient (Wildman–Crippen LogP) is 3.42. The molecule has 1 rings (SSSR count). The molecule has 0 aromatic heterocycles. The molecular formula is C15H23N. The van der Waals surface area contributed by atoms with E-state index in [4.69, 9.17) is 5.73 Å². The molecule has 2 N–H and O–H groups in total. The molecule has 16 heavy (non-hydrogen) atoms. The van der Waals surface area contributed by atoms with E-state index in [1.165, 1.54) is 31.3 Å². The molecule has 0 aromatic carbocycles. The molecule has 0 amide bonds. The highest BCUT2D eigenvalue weighted by Gasteiger charge is 2.17. The summed E-state index contributed by atoms with van der Waals surface area (Å²) in [4.78, 5) is 0. The van der Waals surface area contributed by atoms with Crippen LogP contribution in [0, 0.1) is 17.8 Å². The minimum absolute atomic E-state index is 0.682. The van der Waals surface area contributed by atoms with Crippen LogP contribution in [0.3, 0.4) is 0 Å². The summed E-state index contributed by atoms with van der Waals surface area (Å²) in [6.45, 7) is 6.93. The van der Waals surface area contributed by atoms with E-state index in [9.17, 15) is 0 Å². The van der Waals surface area contributed by atoms with Gasteiger partial charge < -0.3 is 5.73 Å². The number of nitrogens with two attached hydrogens (primary N) is 1. The van der Waals surface area contributed by atoms with Gasteiger partial charge in [-0.15, -0.1) is 0 Å². The van der Waals surface area contributed by atoms with Gasteiger partial charge in [0, 0.05) is 5.92 Å². The molecular weight excluding hydrogens is 194 g/mol. The van der Waals surface area contributed by atoms with Gasteiger partial charge in [-0.2, -0.15) is 0 Å². The summed E-state index contributed by atoms with van der Waals surface area (Å²) in [5.74, 6) is 7.15. The van der Waals surface area contributed by atoms with Gasteiger partial charge in [0.25, 0.3) is 0 Å². The molecule has 1 saturated carbocycles. The number of hydrogen-bond acceptors (Lipinski definition) is 1. The summed E-state index contributed by atoms with van der Waals surface area (Å²) in [7, 11) is 0. The van der Waals surface area contributed by atoms with Crippen LogP contribution in [0.2, 0.25) is 0 Å². The Bertz CT molecular complexity index is 310. The molecule has 0 radical (unpaired) electrons. The van der Waals surface area contributed by atoms with Gasteiger partial charge in [-0.1, -0.05) is 30.4 Å². The topological polar surface area (TPSA) is 26.0 Å². The van der Waals surface area contributed by atoms with E-state index in [-0.39, 0.29) is 0 Å². The third-order valence-electron chi connectivity index (χ3n) is 2.67. The Balaban J connectivity index is 2.20. The Morgan fingerprint density at radius 1 is 1.38 bits per heavy atom. The first kappa shape index (κ1) is 13.1. The third kappa shape index (κ3) is 6.48. The second-order valence-corrected chi connectivity index (χ2v) is 4.63. The van der Waals surface area contributed by atoms with Crippen molar-refractivity contribution in [1.82, 2.24) is 0 Å². The first-order chi connectivity index (χ1) is 7.72. The smallest absolute Gasteiger partial charge is 0.0207 e. The van der Waals surface area contributed by atoms with Gasteiger partial charge in [0.2, 0.25) is 0 Å². The molecule has 1 aliphatic carbocycles. The lowest BCUT2D eigenvalue weighted by molar-refractivity contribution is 0.688. The Hall–Kier alpha value is -1.00. The predicted molar refractivity (Wildman–Crippen MR) is 70.9 cm³/mol. The Labute approximate surface area is 99.8 Å². The normalized spacial score (nSPS) is 15.5. The van der Waals surface area contributed by atoms with Crippen LogP contribution in [0.4, 0.5) is 0 Å². The van der Waals surface area contributed by atoms with Gasteiger partial charge in [0.1, 0.15) is 0 Å². The van der Waals surface area contributed by atoms with E-state index in [1.54, 1.807) is 0 Å². The maximum atomic E-state index is 5.45. The molecule has 0 atom stereocenters. The SMILES string of the molecule is C=C(/C=C(\C)C#CC1CC1)CCCCCN. The molecule has 0 aromatic rings. The van der Waals surface area contributed by atoms with Crippen molar-refractivity contribution in [2.75, 3.05) is 6.54 Å². The van der Waals surface area contributed by atoms with Crippen molar-refractivity contribution in [2.24, 2.45) is 11.7 Å². The van der Waals surface area contributed by atoms with Crippen LogP contribution in [0.15, 0.2) is 23.8 Å². The van der Waals surface area contributed by atoms with Gasteiger partial charge >= 0.3 is 0 Å². The molecule has 88 valence electrons. The number of unbranched alkanes of at least 4 members (excludes halogenated alkanes) is 2. The fraction of sp³-hybridized carbons (Fsp3) is 0.600. The summed E-state index contributed by atoms with van der Waals surface area (Å²) >= 11 is 0.